The molecule has 0 amide bonds. The first-order valence-corrected chi connectivity index (χ1v) is 11.8. The Bertz CT molecular complexity index is 941. The molecule has 6 nitrogen and oxygen atoms in total. The van der Waals surface area contributed by atoms with Gasteiger partial charge in [-0.1, -0.05) is 35.9 Å². The molecule has 1 saturated heterocycles. The van der Waals surface area contributed by atoms with E-state index in [0.717, 1.165) is 30.2 Å². The molecule has 1 heterocycles. The van der Waals surface area contributed by atoms with Crippen LogP contribution < -0.4 is 15.5 Å². The summed E-state index contributed by atoms with van der Waals surface area (Å²) < 4.78 is 24.8. The van der Waals surface area contributed by atoms with Crippen LogP contribution in [0.3, 0.4) is 0 Å². The zero-order chi connectivity index (χ0) is 20.7. The Morgan fingerprint density at radius 3 is 2.67 bits per heavy atom. The molecular weight excluding hydrogens is 535 g/mol. The summed E-state index contributed by atoms with van der Waals surface area (Å²) >= 11 is 6.10. The Hall–Kier alpha value is -1.52. The summed E-state index contributed by atoms with van der Waals surface area (Å²) in [7, 11) is -3.33. The number of hydrogen-bond donors (Lipinski definition) is 2. The number of hydrogen-bond acceptors (Lipinski definition) is 4. The normalized spacial score (nSPS) is 16.8. The van der Waals surface area contributed by atoms with Gasteiger partial charge in [0.1, 0.15) is 0 Å². The number of sulfone groups is 1. The number of anilines is 1. The van der Waals surface area contributed by atoms with Gasteiger partial charge in [-0.3, -0.25) is 4.99 Å². The van der Waals surface area contributed by atoms with Crippen LogP contribution in [-0.4, -0.2) is 52.4 Å². The zero-order valence-electron chi connectivity index (χ0n) is 16.9. The monoisotopic (exact) mass is 562 g/mol. The molecule has 30 heavy (non-hydrogen) atoms. The highest BCUT2D eigenvalue weighted by Crippen LogP contribution is 2.23. The van der Waals surface area contributed by atoms with Gasteiger partial charge < -0.3 is 15.5 Å². The molecule has 0 saturated carbocycles. The molecule has 0 aromatic heterocycles. The lowest BCUT2D eigenvalue weighted by atomic mass is 10.3. The van der Waals surface area contributed by atoms with E-state index in [1.807, 2.05) is 25.1 Å². The molecule has 1 aliphatic heterocycles. The molecule has 0 aliphatic carbocycles. The number of nitrogens with zero attached hydrogens (tertiary/aromatic N) is 2. The van der Waals surface area contributed by atoms with Crippen molar-refractivity contribution in [1.82, 2.24) is 10.6 Å². The second-order valence-electron chi connectivity index (χ2n) is 6.95. The van der Waals surface area contributed by atoms with Crippen molar-refractivity contribution >= 4 is 57.1 Å². The molecule has 1 atom stereocenters. The number of rotatable bonds is 7. The highest BCUT2D eigenvalue weighted by Gasteiger charge is 2.23. The molecule has 1 unspecified atom stereocenters. The Morgan fingerprint density at radius 1 is 1.20 bits per heavy atom. The number of nitrogens with one attached hydrogen (secondary N) is 2. The van der Waals surface area contributed by atoms with E-state index in [-0.39, 0.29) is 42.3 Å². The molecule has 2 N–H and O–H groups in total. The van der Waals surface area contributed by atoms with E-state index in [2.05, 4.69) is 26.6 Å². The van der Waals surface area contributed by atoms with Crippen LogP contribution in [0.5, 0.6) is 0 Å². The van der Waals surface area contributed by atoms with E-state index in [9.17, 15) is 8.42 Å². The fourth-order valence-corrected chi connectivity index (χ4v) is 4.65. The lowest BCUT2D eigenvalue weighted by Crippen LogP contribution is -2.44. The number of guanidine groups is 1. The number of benzene rings is 2. The van der Waals surface area contributed by atoms with Crippen molar-refractivity contribution in [2.24, 2.45) is 4.99 Å². The quantitative estimate of drug-likeness (QED) is 0.307. The minimum atomic E-state index is -3.33. The largest absolute Gasteiger partial charge is 0.369 e. The van der Waals surface area contributed by atoms with E-state index in [1.54, 1.807) is 30.3 Å². The lowest BCUT2D eigenvalue weighted by Gasteiger charge is -2.20. The second-order valence-corrected chi connectivity index (χ2v) is 9.49. The zero-order valence-corrected chi connectivity index (χ0v) is 20.8. The average Bonchev–Trinajstić information content (AvgIpc) is 3.17. The van der Waals surface area contributed by atoms with E-state index in [1.165, 1.54) is 0 Å². The van der Waals surface area contributed by atoms with Gasteiger partial charge >= 0.3 is 0 Å². The van der Waals surface area contributed by atoms with Crippen molar-refractivity contribution in [1.29, 1.82) is 0 Å². The van der Waals surface area contributed by atoms with Crippen LogP contribution in [-0.2, 0) is 9.84 Å². The van der Waals surface area contributed by atoms with Crippen molar-refractivity contribution in [3.8, 4) is 0 Å². The topological polar surface area (TPSA) is 73.8 Å². The maximum Gasteiger partial charge on any atom is 0.191 e. The average molecular weight is 563 g/mol. The minimum Gasteiger partial charge on any atom is -0.369 e. The lowest BCUT2D eigenvalue weighted by molar-refractivity contribution is 0.595. The maximum atomic E-state index is 12.4. The molecule has 3 rings (SSSR count). The smallest absolute Gasteiger partial charge is 0.191 e. The Balaban J connectivity index is 0.00000320. The second kappa shape index (κ2) is 11.8. The predicted octanol–water partition coefficient (Wildman–Crippen LogP) is 3.57. The van der Waals surface area contributed by atoms with Crippen molar-refractivity contribution < 1.29 is 8.42 Å². The van der Waals surface area contributed by atoms with Crippen molar-refractivity contribution in [3.63, 3.8) is 0 Å². The summed E-state index contributed by atoms with van der Waals surface area (Å²) in [5.41, 5.74) is 1.11. The molecule has 1 aliphatic rings. The third kappa shape index (κ3) is 7.02. The fraction of sp³-hybridized carbons (Fsp3) is 0.381. The van der Waals surface area contributed by atoms with Gasteiger partial charge in [-0.2, -0.15) is 0 Å². The van der Waals surface area contributed by atoms with Gasteiger partial charge in [-0.25, -0.2) is 8.42 Å². The first-order valence-electron chi connectivity index (χ1n) is 9.81. The highest BCUT2D eigenvalue weighted by atomic mass is 127. The summed E-state index contributed by atoms with van der Waals surface area (Å²) in [5, 5.41) is 7.36. The van der Waals surface area contributed by atoms with E-state index >= 15 is 0 Å². The Kier molecular flexibility index (Phi) is 9.70. The first kappa shape index (κ1) is 24.7. The summed E-state index contributed by atoms with van der Waals surface area (Å²) in [5.74, 6) is 0.626. The van der Waals surface area contributed by atoms with Gasteiger partial charge in [-0.05, 0) is 43.7 Å². The van der Waals surface area contributed by atoms with Gasteiger partial charge in [-0.15, -0.1) is 24.0 Å². The summed E-state index contributed by atoms with van der Waals surface area (Å²) in [4.78, 5) is 7.09. The molecule has 2 aromatic rings. The standard InChI is InChI=1S/C21H27ClN4O2S.HI/c1-2-23-21(24-12-14-29(27,28)20-9-4-3-5-10-20)25-18-11-13-26(16-18)19-8-6-7-17(22)15-19;/h3-10,15,18H,2,11-14,16H2,1H3,(H2,23,24,25);1H. The van der Waals surface area contributed by atoms with Gasteiger partial charge in [0.25, 0.3) is 0 Å². The third-order valence-electron chi connectivity index (χ3n) is 4.78. The highest BCUT2D eigenvalue weighted by molar-refractivity contribution is 14.0. The van der Waals surface area contributed by atoms with Gasteiger partial charge in [0.2, 0.25) is 0 Å². The van der Waals surface area contributed by atoms with Gasteiger partial charge in [0.05, 0.1) is 17.2 Å². The van der Waals surface area contributed by atoms with E-state index < -0.39 is 9.84 Å². The Morgan fingerprint density at radius 2 is 1.97 bits per heavy atom. The molecule has 2 aromatic carbocycles. The fourth-order valence-electron chi connectivity index (χ4n) is 3.32. The van der Waals surface area contributed by atoms with Crippen molar-refractivity contribution in [2.75, 3.05) is 36.8 Å². The van der Waals surface area contributed by atoms with E-state index in [4.69, 9.17) is 11.6 Å². The predicted molar refractivity (Wildman–Crippen MR) is 135 cm³/mol. The summed E-state index contributed by atoms with van der Waals surface area (Å²) in [6.45, 7) is 4.68. The SMILES string of the molecule is CCNC(=NCCS(=O)(=O)c1ccccc1)NC1CCN(c2cccc(Cl)c2)C1.I. The molecule has 0 bridgehead atoms. The molecule has 0 spiro atoms. The molecule has 164 valence electrons. The summed E-state index contributed by atoms with van der Waals surface area (Å²) in [6, 6.07) is 16.6. The summed E-state index contributed by atoms with van der Waals surface area (Å²) in [6.07, 6.45) is 0.971. The minimum absolute atomic E-state index is 0. The third-order valence-corrected chi connectivity index (χ3v) is 6.72. The molecular formula is C21H28ClIN4O2S. The van der Waals surface area contributed by atoms with Crippen LogP contribution in [0.4, 0.5) is 5.69 Å². The van der Waals surface area contributed by atoms with Crippen LogP contribution in [0.2, 0.25) is 5.02 Å². The Labute approximate surface area is 201 Å². The van der Waals surface area contributed by atoms with Crippen LogP contribution in [0.25, 0.3) is 0 Å². The molecule has 1 fully saturated rings. The van der Waals surface area contributed by atoms with Crippen molar-refractivity contribution in [2.45, 2.75) is 24.3 Å². The van der Waals surface area contributed by atoms with Crippen LogP contribution in [0, 0.1) is 0 Å². The van der Waals surface area contributed by atoms with Gasteiger partial charge in [0, 0.05) is 36.4 Å². The van der Waals surface area contributed by atoms with Crippen molar-refractivity contribution in [3.05, 3.63) is 59.6 Å². The van der Waals surface area contributed by atoms with Crippen LogP contribution in [0.15, 0.2) is 64.5 Å². The van der Waals surface area contributed by atoms with Crippen LogP contribution >= 0.6 is 35.6 Å². The molecule has 0 radical (unpaired) electrons. The van der Waals surface area contributed by atoms with Gasteiger partial charge in [0.15, 0.2) is 15.8 Å². The van der Waals surface area contributed by atoms with Crippen LogP contribution in [0.1, 0.15) is 13.3 Å². The molecule has 9 heteroatoms. The maximum absolute atomic E-state index is 12.4. The van der Waals surface area contributed by atoms with E-state index in [0.29, 0.717) is 17.4 Å². The number of aliphatic imine (C=N–C) groups is 1. The number of halogens is 2. The first-order chi connectivity index (χ1) is 14.0.